The first-order valence-corrected chi connectivity index (χ1v) is 10.4. The second-order valence-corrected chi connectivity index (χ2v) is 8.40. The Balaban J connectivity index is 2.11. The smallest absolute Gasteiger partial charge is 0.416 e. The molecule has 0 saturated carbocycles. The Labute approximate surface area is 178 Å². The number of carbonyl (C=O) groups is 3. The molecule has 0 aromatic carbocycles. The number of nitrogens with zero attached hydrogens (tertiary/aromatic N) is 1. The van der Waals surface area contributed by atoms with Gasteiger partial charge >= 0.3 is 6.09 Å². The molecule has 2 rings (SSSR count). The number of ether oxygens (including phenoxy) is 3. The molecule has 2 aliphatic heterocycles. The van der Waals surface area contributed by atoms with E-state index in [1.807, 2.05) is 13.8 Å². The van der Waals surface area contributed by atoms with Crippen molar-refractivity contribution in [3.8, 4) is 0 Å². The quantitative estimate of drug-likeness (QED) is 0.477. The van der Waals surface area contributed by atoms with Crippen molar-refractivity contribution in [3.63, 3.8) is 0 Å². The van der Waals surface area contributed by atoms with Crippen LogP contribution in [0.2, 0.25) is 0 Å². The molecule has 9 nitrogen and oxygen atoms in total. The van der Waals surface area contributed by atoms with Crippen molar-refractivity contribution < 1.29 is 38.8 Å². The first-order valence-electron chi connectivity index (χ1n) is 9.62. The molecule has 29 heavy (non-hydrogen) atoms. The van der Waals surface area contributed by atoms with Crippen molar-refractivity contribution >= 4 is 33.7 Å². The lowest BCUT2D eigenvalue weighted by Gasteiger charge is -2.38. The van der Waals surface area contributed by atoms with Gasteiger partial charge in [0.1, 0.15) is 12.7 Å². The molecule has 0 aliphatic carbocycles. The van der Waals surface area contributed by atoms with Gasteiger partial charge in [-0.2, -0.15) is 0 Å². The zero-order valence-corrected chi connectivity index (χ0v) is 18.4. The number of imide groups is 1. The van der Waals surface area contributed by atoms with Gasteiger partial charge in [0, 0.05) is 13.0 Å². The van der Waals surface area contributed by atoms with Crippen LogP contribution >= 0.6 is 15.9 Å². The Bertz CT molecular complexity index is 667. The van der Waals surface area contributed by atoms with Crippen molar-refractivity contribution in [1.82, 2.24) is 4.90 Å². The van der Waals surface area contributed by atoms with Gasteiger partial charge in [-0.1, -0.05) is 20.8 Å². The molecule has 1 saturated heterocycles. The van der Waals surface area contributed by atoms with Gasteiger partial charge in [0.05, 0.1) is 29.7 Å². The summed E-state index contributed by atoms with van der Waals surface area (Å²) in [5.41, 5.74) is 0. The van der Waals surface area contributed by atoms with Gasteiger partial charge in [-0.15, -0.1) is 0 Å². The average Bonchev–Trinajstić information content (AvgIpc) is 3.05. The maximum Gasteiger partial charge on any atom is 0.416 e. The van der Waals surface area contributed by atoms with Gasteiger partial charge in [0.2, 0.25) is 5.91 Å². The van der Waals surface area contributed by atoms with Crippen LogP contribution in [0.15, 0.2) is 10.6 Å². The van der Waals surface area contributed by atoms with Gasteiger partial charge in [0.25, 0.3) is 0 Å². The summed E-state index contributed by atoms with van der Waals surface area (Å²) in [7, 11) is 0. The second-order valence-electron chi connectivity index (χ2n) is 7.54. The predicted molar refractivity (Wildman–Crippen MR) is 105 cm³/mol. The van der Waals surface area contributed by atoms with E-state index in [9.17, 15) is 19.5 Å². The highest BCUT2D eigenvalue weighted by Crippen LogP contribution is 2.37. The van der Waals surface area contributed by atoms with Crippen LogP contribution in [0.25, 0.3) is 0 Å². The third-order valence-corrected chi connectivity index (χ3v) is 5.89. The maximum atomic E-state index is 13.0. The average molecular weight is 478 g/mol. The molecule has 0 aromatic heterocycles. The lowest BCUT2D eigenvalue weighted by Crippen LogP contribution is -2.52. The number of carbonyl (C=O) groups excluding carboxylic acids is 3. The van der Waals surface area contributed by atoms with Gasteiger partial charge < -0.3 is 24.4 Å². The van der Waals surface area contributed by atoms with Crippen LogP contribution in [0.5, 0.6) is 0 Å². The Hall–Kier alpha value is -1.33. The molecule has 4 atom stereocenters. The molecule has 2 N–H and O–H groups in total. The zero-order chi connectivity index (χ0) is 21.8. The highest BCUT2D eigenvalue weighted by atomic mass is 79.9. The summed E-state index contributed by atoms with van der Waals surface area (Å²) in [5, 5.41) is 19.6. The largest absolute Gasteiger partial charge is 0.447 e. The van der Waals surface area contributed by atoms with E-state index in [-0.39, 0.29) is 43.2 Å². The molecule has 10 heteroatoms. The SMILES string of the molecule is CC(C)[C@@H]1COC(=O)N1C(=O)[C@H](C)[C@@H]1O[C@@](O)(CCCOCCO)C(Br)=CC1=O. The first kappa shape index (κ1) is 23.9. The van der Waals surface area contributed by atoms with Crippen molar-refractivity contribution in [2.45, 2.75) is 51.5 Å². The minimum Gasteiger partial charge on any atom is -0.447 e. The van der Waals surface area contributed by atoms with Crippen LogP contribution < -0.4 is 0 Å². The first-order chi connectivity index (χ1) is 13.6. The van der Waals surface area contributed by atoms with Crippen LogP contribution in [0.3, 0.4) is 0 Å². The van der Waals surface area contributed by atoms with Crippen LogP contribution in [0.1, 0.15) is 33.6 Å². The predicted octanol–water partition coefficient (Wildman–Crippen LogP) is 1.35. The molecule has 0 aromatic rings. The van der Waals surface area contributed by atoms with E-state index in [2.05, 4.69) is 15.9 Å². The molecule has 164 valence electrons. The van der Waals surface area contributed by atoms with Crippen LogP contribution in [-0.4, -0.2) is 77.3 Å². The second kappa shape index (κ2) is 10.1. The van der Waals surface area contributed by atoms with Crippen LogP contribution in [0.4, 0.5) is 4.79 Å². The Morgan fingerprint density at radius 2 is 2.07 bits per heavy atom. The fraction of sp³-hybridized carbons (Fsp3) is 0.737. The van der Waals surface area contributed by atoms with Crippen molar-refractivity contribution in [3.05, 3.63) is 10.6 Å². The number of rotatable bonds is 9. The highest BCUT2D eigenvalue weighted by Gasteiger charge is 2.48. The minimum atomic E-state index is -1.79. The van der Waals surface area contributed by atoms with E-state index < -0.39 is 41.6 Å². The number of aliphatic hydroxyl groups excluding tert-OH is 1. The van der Waals surface area contributed by atoms with E-state index in [0.717, 1.165) is 4.90 Å². The fourth-order valence-corrected chi connectivity index (χ4v) is 3.80. The molecular formula is C19H28BrNO8. The standard InChI is InChI=1S/C19H28BrNO8/c1-11(2)13-10-28-18(25)21(13)17(24)12(3)16-14(23)9-15(20)19(26,29-16)5-4-7-27-8-6-22/h9,11-13,16,22,26H,4-8,10H2,1-3H3/t12-,13+,16+,19+/m1/s1. The molecule has 2 heterocycles. The summed E-state index contributed by atoms with van der Waals surface area (Å²) in [6, 6.07) is -0.416. The molecule has 2 aliphatic rings. The van der Waals surface area contributed by atoms with E-state index in [0.29, 0.717) is 6.42 Å². The number of amides is 2. The monoisotopic (exact) mass is 477 g/mol. The summed E-state index contributed by atoms with van der Waals surface area (Å²) >= 11 is 3.17. The number of hydrogen-bond donors (Lipinski definition) is 2. The molecule has 0 radical (unpaired) electrons. The van der Waals surface area contributed by atoms with Gasteiger partial charge in [-0.3, -0.25) is 9.59 Å². The lowest BCUT2D eigenvalue weighted by atomic mass is 9.93. The highest BCUT2D eigenvalue weighted by molar-refractivity contribution is 9.11. The Morgan fingerprint density at radius 1 is 1.38 bits per heavy atom. The normalized spacial score (nSPS) is 28.5. The van der Waals surface area contributed by atoms with E-state index in [4.69, 9.17) is 19.3 Å². The minimum absolute atomic E-state index is 0.00882. The summed E-state index contributed by atoms with van der Waals surface area (Å²) in [5.74, 6) is -3.86. The Kier molecular flexibility index (Phi) is 8.36. The van der Waals surface area contributed by atoms with Crippen molar-refractivity contribution in [2.24, 2.45) is 11.8 Å². The zero-order valence-electron chi connectivity index (χ0n) is 16.8. The van der Waals surface area contributed by atoms with Gasteiger partial charge in [0.15, 0.2) is 11.6 Å². The molecule has 0 bridgehead atoms. The van der Waals surface area contributed by atoms with Gasteiger partial charge in [-0.25, -0.2) is 9.69 Å². The van der Waals surface area contributed by atoms with Crippen molar-refractivity contribution in [1.29, 1.82) is 0 Å². The number of halogens is 1. The summed E-state index contributed by atoms with van der Waals surface area (Å²) < 4.78 is 16.0. The molecular weight excluding hydrogens is 450 g/mol. The third-order valence-electron chi connectivity index (χ3n) is 5.04. The maximum absolute atomic E-state index is 13.0. The molecule has 0 spiro atoms. The molecule has 2 amide bonds. The molecule has 0 unspecified atom stereocenters. The van der Waals surface area contributed by atoms with Crippen LogP contribution in [-0.2, 0) is 23.8 Å². The molecule has 1 fully saturated rings. The van der Waals surface area contributed by atoms with Gasteiger partial charge in [-0.05, 0) is 34.3 Å². The van der Waals surface area contributed by atoms with E-state index in [1.54, 1.807) is 0 Å². The topological polar surface area (TPSA) is 123 Å². The van der Waals surface area contributed by atoms with Crippen LogP contribution in [0, 0.1) is 11.8 Å². The summed E-state index contributed by atoms with van der Waals surface area (Å²) in [6.07, 6.45) is -0.267. The number of hydrogen-bond acceptors (Lipinski definition) is 8. The van der Waals surface area contributed by atoms with Crippen molar-refractivity contribution in [2.75, 3.05) is 26.4 Å². The summed E-state index contributed by atoms with van der Waals surface area (Å²) in [6.45, 7) is 5.72. The Morgan fingerprint density at radius 3 is 2.69 bits per heavy atom. The van der Waals surface area contributed by atoms with E-state index in [1.165, 1.54) is 13.0 Å². The number of ketones is 1. The third kappa shape index (κ3) is 5.43. The summed E-state index contributed by atoms with van der Waals surface area (Å²) in [4.78, 5) is 38.6. The number of cyclic esters (lactones) is 1. The lowest BCUT2D eigenvalue weighted by molar-refractivity contribution is -0.217. The number of aliphatic hydroxyl groups is 2. The van der Waals surface area contributed by atoms with E-state index >= 15 is 0 Å². The fourth-order valence-electron chi connectivity index (χ4n) is 3.28.